The van der Waals surface area contributed by atoms with Crippen LogP contribution in [0, 0.1) is 0 Å². The lowest BCUT2D eigenvalue weighted by Gasteiger charge is -2.06. The Hall–Kier alpha value is -0.390. The fourth-order valence-corrected chi connectivity index (χ4v) is 2.57. The van der Waals surface area contributed by atoms with Crippen molar-refractivity contribution < 1.29 is 13.2 Å². The van der Waals surface area contributed by atoms with E-state index in [4.69, 9.17) is 15.4 Å². The van der Waals surface area contributed by atoms with E-state index in [0.29, 0.717) is 12.4 Å². The van der Waals surface area contributed by atoms with E-state index in [1.54, 1.807) is 12.1 Å². The number of halogens is 1. The van der Waals surface area contributed by atoms with E-state index in [-0.39, 0.29) is 4.90 Å². The molecule has 17 heavy (non-hydrogen) atoms. The second-order valence-corrected chi connectivity index (χ2v) is 7.27. The van der Waals surface area contributed by atoms with Crippen LogP contribution in [0.3, 0.4) is 0 Å². The monoisotopic (exact) mass is 294 g/mol. The predicted octanol–water partition coefficient (Wildman–Crippen LogP) is 3.14. The first-order chi connectivity index (χ1) is 8.04. The Bertz CT molecular complexity index is 429. The van der Waals surface area contributed by atoms with Crippen LogP contribution in [0.4, 0.5) is 0 Å². The van der Waals surface area contributed by atoms with Crippen LogP contribution < -0.4 is 4.74 Å². The van der Waals surface area contributed by atoms with Gasteiger partial charge in [-0.3, -0.25) is 0 Å². The van der Waals surface area contributed by atoms with Crippen molar-refractivity contribution in [2.24, 2.45) is 0 Å². The Morgan fingerprint density at radius 3 is 2.47 bits per heavy atom. The highest BCUT2D eigenvalue weighted by Crippen LogP contribution is 2.19. The van der Waals surface area contributed by atoms with Gasteiger partial charge in [0.2, 0.25) is 0 Å². The first-order valence-corrected chi connectivity index (χ1v) is 8.75. The maximum absolute atomic E-state index is 11.0. The van der Waals surface area contributed by atoms with Crippen LogP contribution in [0.1, 0.15) is 13.3 Å². The summed E-state index contributed by atoms with van der Waals surface area (Å²) in [6.07, 6.45) is 0.980. The van der Waals surface area contributed by atoms with E-state index < -0.39 is 9.05 Å². The zero-order valence-electron chi connectivity index (χ0n) is 9.56. The van der Waals surface area contributed by atoms with Gasteiger partial charge in [0, 0.05) is 10.7 Å². The SMILES string of the molecule is CCSCCCOc1ccc(S(=O)(=O)Cl)cc1. The van der Waals surface area contributed by atoms with Crippen LogP contribution in [0.2, 0.25) is 0 Å². The molecular formula is C11H15ClO3S2. The van der Waals surface area contributed by atoms with Gasteiger partial charge in [0.05, 0.1) is 11.5 Å². The summed E-state index contributed by atoms with van der Waals surface area (Å²) in [4.78, 5) is 0.0908. The molecule has 0 heterocycles. The van der Waals surface area contributed by atoms with E-state index in [9.17, 15) is 8.42 Å². The first kappa shape index (κ1) is 14.7. The van der Waals surface area contributed by atoms with Crippen molar-refractivity contribution >= 4 is 31.5 Å². The number of hydrogen-bond acceptors (Lipinski definition) is 4. The molecule has 0 saturated carbocycles. The van der Waals surface area contributed by atoms with Crippen LogP contribution in [0.5, 0.6) is 5.75 Å². The molecule has 1 aromatic carbocycles. The molecule has 0 unspecified atom stereocenters. The molecule has 6 heteroatoms. The molecule has 0 radical (unpaired) electrons. The third-order valence-electron chi connectivity index (χ3n) is 2.01. The summed E-state index contributed by atoms with van der Waals surface area (Å²) >= 11 is 1.87. The van der Waals surface area contributed by atoms with Crippen LogP contribution in [0.25, 0.3) is 0 Å². The summed E-state index contributed by atoms with van der Waals surface area (Å²) in [5, 5.41) is 0. The van der Waals surface area contributed by atoms with Gasteiger partial charge in [0.25, 0.3) is 9.05 Å². The van der Waals surface area contributed by atoms with Crippen molar-refractivity contribution in [3.05, 3.63) is 24.3 Å². The molecule has 0 aliphatic carbocycles. The van der Waals surface area contributed by atoms with Crippen molar-refractivity contribution in [3.63, 3.8) is 0 Å². The van der Waals surface area contributed by atoms with E-state index >= 15 is 0 Å². The lowest BCUT2D eigenvalue weighted by molar-refractivity contribution is 0.318. The number of thioether (sulfide) groups is 1. The predicted molar refractivity (Wildman–Crippen MR) is 72.6 cm³/mol. The molecule has 0 bridgehead atoms. The largest absolute Gasteiger partial charge is 0.494 e. The topological polar surface area (TPSA) is 43.4 Å². The van der Waals surface area contributed by atoms with Gasteiger partial charge >= 0.3 is 0 Å². The van der Waals surface area contributed by atoms with Crippen molar-refractivity contribution in [1.29, 1.82) is 0 Å². The second-order valence-electron chi connectivity index (χ2n) is 3.31. The molecule has 0 aliphatic rings. The third kappa shape index (κ3) is 5.66. The Kier molecular flexibility index (Phi) is 6.16. The van der Waals surface area contributed by atoms with Gasteiger partial charge in [-0.05, 0) is 42.2 Å². The average Bonchev–Trinajstić information content (AvgIpc) is 2.28. The normalized spacial score (nSPS) is 11.4. The van der Waals surface area contributed by atoms with E-state index in [1.807, 2.05) is 11.8 Å². The van der Waals surface area contributed by atoms with Crippen molar-refractivity contribution in [3.8, 4) is 5.75 Å². The summed E-state index contributed by atoms with van der Waals surface area (Å²) < 4.78 is 27.5. The summed E-state index contributed by atoms with van der Waals surface area (Å²) in [5.74, 6) is 2.85. The maximum atomic E-state index is 11.0. The molecular weight excluding hydrogens is 280 g/mol. The Balaban J connectivity index is 2.41. The third-order valence-corrected chi connectivity index (χ3v) is 4.37. The van der Waals surface area contributed by atoms with Gasteiger partial charge in [0.1, 0.15) is 5.75 Å². The molecule has 0 atom stereocenters. The molecule has 0 spiro atoms. The Morgan fingerprint density at radius 1 is 1.29 bits per heavy atom. The molecule has 3 nitrogen and oxygen atoms in total. The number of ether oxygens (including phenoxy) is 1. The molecule has 0 aromatic heterocycles. The minimum Gasteiger partial charge on any atom is -0.494 e. The van der Waals surface area contributed by atoms with Gasteiger partial charge in [-0.2, -0.15) is 11.8 Å². The lowest BCUT2D eigenvalue weighted by atomic mass is 10.3. The molecule has 0 aliphatic heterocycles. The van der Waals surface area contributed by atoms with Gasteiger partial charge in [-0.25, -0.2) is 8.42 Å². The highest BCUT2D eigenvalue weighted by atomic mass is 35.7. The van der Waals surface area contributed by atoms with E-state index in [1.165, 1.54) is 12.1 Å². The van der Waals surface area contributed by atoms with Gasteiger partial charge in [0.15, 0.2) is 0 Å². The fraction of sp³-hybridized carbons (Fsp3) is 0.455. The number of hydrogen-bond donors (Lipinski definition) is 0. The quantitative estimate of drug-likeness (QED) is 0.572. The smallest absolute Gasteiger partial charge is 0.261 e. The summed E-state index contributed by atoms with van der Waals surface area (Å²) in [6.45, 7) is 2.76. The summed E-state index contributed by atoms with van der Waals surface area (Å²) in [7, 11) is 1.56. The van der Waals surface area contributed by atoms with Crippen molar-refractivity contribution in [1.82, 2.24) is 0 Å². The molecule has 96 valence electrons. The van der Waals surface area contributed by atoms with Gasteiger partial charge in [-0.15, -0.1) is 0 Å². The summed E-state index contributed by atoms with van der Waals surface area (Å²) in [5.41, 5.74) is 0. The standard InChI is InChI=1S/C11H15ClO3S2/c1-2-16-9-3-8-15-10-4-6-11(7-5-10)17(12,13)14/h4-7H,2-3,8-9H2,1H3. The Labute approximate surface area is 111 Å². The lowest BCUT2D eigenvalue weighted by Crippen LogP contribution is -1.99. The number of rotatable bonds is 7. The van der Waals surface area contributed by atoms with Crippen LogP contribution >= 0.6 is 22.4 Å². The average molecular weight is 295 g/mol. The minimum absolute atomic E-state index is 0.0908. The minimum atomic E-state index is -3.64. The molecule has 0 fully saturated rings. The zero-order valence-corrected chi connectivity index (χ0v) is 11.9. The molecule has 1 aromatic rings. The zero-order chi connectivity index (χ0) is 12.7. The second kappa shape index (κ2) is 7.13. The number of benzene rings is 1. The van der Waals surface area contributed by atoms with Crippen molar-refractivity contribution in [2.45, 2.75) is 18.2 Å². The highest BCUT2D eigenvalue weighted by molar-refractivity contribution is 8.13. The maximum Gasteiger partial charge on any atom is 0.261 e. The Morgan fingerprint density at radius 2 is 1.94 bits per heavy atom. The van der Waals surface area contributed by atoms with E-state index in [0.717, 1.165) is 17.9 Å². The van der Waals surface area contributed by atoms with Gasteiger partial charge in [-0.1, -0.05) is 6.92 Å². The van der Waals surface area contributed by atoms with Crippen LogP contribution in [-0.2, 0) is 9.05 Å². The van der Waals surface area contributed by atoms with Crippen LogP contribution in [0.15, 0.2) is 29.2 Å². The van der Waals surface area contributed by atoms with Crippen molar-refractivity contribution in [2.75, 3.05) is 18.1 Å². The van der Waals surface area contributed by atoms with E-state index in [2.05, 4.69) is 6.92 Å². The molecule has 1 rings (SSSR count). The molecule has 0 amide bonds. The van der Waals surface area contributed by atoms with Crippen LogP contribution in [-0.4, -0.2) is 26.5 Å². The molecule has 0 saturated heterocycles. The highest BCUT2D eigenvalue weighted by Gasteiger charge is 2.08. The first-order valence-electron chi connectivity index (χ1n) is 5.29. The fourth-order valence-electron chi connectivity index (χ4n) is 1.19. The molecule has 0 N–H and O–H groups in total. The van der Waals surface area contributed by atoms with Gasteiger partial charge < -0.3 is 4.74 Å². The summed E-state index contributed by atoms with van der Waals surface area (Å²) in [6, 6.07) is 6.11.